The number of aliphatic hydroxyl groups is 1. The van der Waals surface area contributed by atoms with E-state index in [2.05, 4.69) is 30.7 Å². The minimum atomic E-state index is -0.241. The Bertz CT molecular complexity index is 1690. The zero-order valence-electron chi connectivity index (χ0n) is 23.0. The number of carbonyl (C=O) groups excluding carboxylic acids is 1. The van der Waals surface area contributed by atoms with Crippen LogP contribution >= 0.6 is 0 Å². The van der Waals surface area contributed by atoms with Gasteiger partial charge < -0.3 is 15.2 Å². The number of carbonyl (C=O) groups is 1. The van der Waals surface area contributed by atoms with Crippen molar-refractivity contribution in [3.8, 4) is 17.1 Å². The molecule has 1 saturated heterocycles. The van der Waals surface area contributed by atoms with E-state index in [0.29, 0.717) is 25.4 Å². The zero-order valence-corrected chi connectivity index (χ0v) is 23.0. The molecule has 2 aromatic heterocycles. The summed E-state index contributed by atoms with van der Waals surface area (Å²) in [5.74, 6) is 2.17. The molecule has 0 bridgehead atoms. The first-order valence-electron chi connectivity index (χ1n) is 14.0. The zero-order chi connectivity index (χ0) is 28.2. The van der Waals surface area contributed by atoms with Crippen molar-refractivity contribution in [1.82, 2.24) is 20.1 Å². The number of rotatable bonds is 10. The number of aromatic nitrogens is 4. The number of hydrogen-bond acceptors (Lipinski definition) is 7. The fourth-order valence-corrected chi connectivity index (χ4v) is 5.14. The molecule has 1 atom stereocenters. The van der Waals surface area contributed by atoms with Crippen molar-refractivity contribution in [1.29, 1.82) is 0 Å². The SMILES string of the molecule is CCCC(=O)Nc1cccc(-c2nc3ccc(OCCN4CCC(O)C4)cc3c(Nc3ccc4[nH]ncc4c3)[nH+]2)c1. The second-order valence-electron chi connectivity index (χ2n) is 10.4. The fourth-order valence-electron chi connectivity index (χ4n) is 5.14. The summed E-state index contributed by atoms with van der Waals surface area (Å²) in [6.45, 7) is 4.87. The molecule has 0 aliphatic carbocycles. The third kappa shape index (κ3) is 6.29. The molecule has 0 spiro atoms. The average Bonchev–Trinajstić information content (AvgIpc) is 3.61. The number of benzene rings is 3. The highest BCUT2D eigenvalue weighted by molar-refractivity contribution is 5.93. The Hall–Kier alpha value is -4.54. The fraction of sp³-hybridized carbons (Fsp3) is 0.290. The quantitative estimate of drug-likeness (QED) is 0.200. The molecule has 210 valence electrons. The molecule has 1 amide bonds. The molecule has 3 aromatic carbocycles. The monoisotopic (exact) mass is 552 g/mol. The van der Waals surface area contributed by atoms with Crippen molar-refractivity contribution in [2.24, 2.45) is 0 Å². The number of fused-ring (bicyclic) bond motifs is 2. The van der Waals surface area contributed by atoms with Gasteiger partial charge in [0.05, 0.1) is 34.5 Å². The summed E-state index contributed by atoms with van der Waals surface area (Å²) >= 11 is 0. The van der Waals surface area contributed by atoms with E-state index in [4.69, 9.17) is 9.72 Å². The van der Waals surface area contributed by atoms with Gasteiger partial charge in [-0.1, -0.05) is 13.0 Å². The first-order chi connectivity index (χ1) is 20.0. The molecule has 0 radical (unpaired) electrons. The largest absolute Gasteiger partial charge is 0.492 e. The highest BCUT2D eigenvalue weighted by atomic mass is 16.5. The van der Waals surface area contributed by atoms with Gasteiger partial charge in [-0.15, -0.1) is 4.98 Å². The van der Waals surface area contributed by atoms with Crippen LogP contribution in [0.4, 0.5) is 17.2 Å². The van der Waals surface area contributed by atoms with Crippen LogP contribution in [0.3, 0.4) is 0 Å². The number of aromatic amines is 2. The molecule has 5 aromatic rings. The number of nitrogens with one attached hydrogen (secondary N) is 4. The number of amides is 1. The second-order valence-corrected chi connectivity index (χ2v) is 10.4. The molecule has 10 heteroatoms. The van der Waals surface area contributed by atoms with Gasteiger partial charge in [0.25, 0.3) is 5.82 Å². The standard InChI is InChI=1S/C31H33N7O3/c1-2-4-29(40)33-22-6-3-5-20(15-22)30-35-28-10-8-25(41-14-13-38-12-11-24(39)19-38)17-26(28)31(36-30)34-23-7-9-27-21(16-23)18-32-37-27/h3,5-10,15-18,24,39H,2,4,11-14,19H2,1H3,(H,32,37)(H,33,40)(H,34,35,36)/p+1. The van der Waals surface area contributed by atoms with Crippen LogP contribution in [-0.4, -0.2) is 63.4 Å². The summed E-state index contributed by atoms with van der Waals surface area (Å²) < 4.78 is 6.11. The lowest BCUT2D eigenvalue weighted by molar-refractivity contribution is -0.349. The number of likely N-dealkylation sites (tertiary alicyclic amines) is 1. The molecule has 10 nitrogen and oxygen atoms in total. The molecular formula is C31H34N7O3+. The number of hydrogen-bond donors (Lipinski definition) is 4. The minimum Gasteiger partial charge on any atom is -0.492 e. The molecule has 1 aliphatic heterocycles. The van der Waals surface area contributed by atoms with Gasteiger partial charge in [0.1, 0.15) is 12.4 Å². The van der Waals surface area contributed by atoms with Crippen LogP contribution in [0.5, 0.6) is 5.75 Å². The van der Waals surface area contributed by atoms with Crippen LogP contribution in [-0.2, 0) is 4.79 Å². The highest BCUT2D eigenvalue weighted by Crippen LogP contribution is 2.29. The van der Waals surface area contributed by atoms with E-state index >= 15 is 0 Å². The summed E-state index contributed by atoms with van der Waals surface area (Å²) in [4.78, 5) is 22.8. The number of nitrogens with zero attached hydrogens (tertiary/aromatic N) is 3. The molecular weight excluding hydrogens is 518 g/mol. The van der Waals surface area contributed by atoms with Crippen LogP contribution in [0.15, 0.2) is 66.9 Å². The van der Waals surface area contributed by atoms with E-state index in [1.165, 1.54) is 0 Å². The maximum Gasteiger partial charge on any atom is 0.268 e. The number of β-amino-alcohol motifs (C(OH)–C–C–N with tert-alkyl or cyclic N) is 1. The van der Waals surface area contributed by atoms with Crippen LogP contribution in [0.1, 0.15) is 26.2 Å². The molecule has 1 fully saturated rings. The van der Waals surface area contributed by atoms with Gasteiger partial charge in [-0.05, 0) is 67.4 Å². The molecule has 3 heterocycles. The lowest BCUT2D eigenvalue weighted by Crippen LogP contribution is -2.27. The number of H-pyrrole nitrogens is 2. The van der Waals surface area contributed by atoms with Crippen molar-refractivity contribution in [3.05, 3.63) is 66.9 Å². The maximum atomic E-state index is 12.2. The van der Waals surface area contributed by atoms with E-state index in [-0.39, 0.29) is 12.0 Å². The van der Waals surface area contributed by atoms with Gasteiger partial charge in [-0.2, -0.15) is 5.10 Å². The predicted octanol–water partition coefficient (Wildman–Crippen LogP) is 4.52. The van der Waals surface area contributed by atoms with E-state index in [9.17, 15) is 9.90 Å². The first-order valence-corrected chi connectivity index (χ1v) is 14.0. The van der Waals surface area contributed by atoms with Gasteiger partial charge in [0.2, 0.25) is 11.7 Å². The lowest BCUT2D eigenvalue weighted by atomic mass is 10.1. The first kappa shape index (κ1) is 26.7. The number of aliphatic hydroxyl groups excluding tert-OH is 1. The van der Waals surface area contributed by atoms with E-state index in [1.54, 1.807) is 6.20 Å². The minimum absolute atomic E-state index is 0.00877. The van der Waals surface area contributed by atoms with Gasteiger partial charge in [0.15, 0.2) is 5.52 Å². The Kier molecular flexibility index (Phi) is 7.75. The smallest absolute Gasteiger partial charge is 0.268 e. The van der Waals surface area contributed by atoms with Crippen molar-refractivity contribution >= 4 is 44.9 Å². The number of anilines is 3. The normalized spacial score (nSPS) is 15.4. The van der Waals surface area contributed by atoms with Crippen molar-refractivity contribution in [2.75, 3.05) is 36.9 Å². The predicted molar refractivity (Wildman–Crippen MR) is 159 cm³/mol. The number of ether oxygens (including phenoxy) is 1. The molecule has 6 rings (SSSR count). The third-order valence-electron chi connectivity index (χ3n) is 7.24. The van der Waals surface area contributed by atoms with Crippen LogP contribution in [0, 0.1) is 0 Å². The van der Waals surface area contributed by atoms with Gasteiger partial charge >= 0.3 is 0 Å². The lowest BCUT2D eigenvalue weighted by Gasteiger charge is -2.15. The molecule has 41 heavy (non-hydrogen) atoms. The summed E-state index contributed by atoms with van der Waals surface area (Å²) in [7, 11) is 0. The third-order valence-corrected chi connectivity index (χ3v) is 7.24. The summed E-state index contributed by atoms with van der Waals surface area (Å²) in [6, 6.07) is 19.6. The van der Waals surface area contributed by atoms with Crippen molar-refractivity contribution in [2.45, 2.75) is 32.3 Å². The molecule has 5 N–H and O–H groups in total. The van der Waals surface area contributed by atoms with Crippen molar-refractivity contribution < 1.29 is 19.6 Å². The summed E-state index contributed by atoms with van der Waals surface area (Å²) in [5, 5.41) is 25.3. The maximum absolute atomic E-state index is 12.2. The van der Waals surface area contributed by atoms with E-state index in [0.717, 1.165) is 76.2 Å². The summed E-state index contributed by atoms with van der Waals surface area (Å²) in [5.41, 5.74) is 4.23. The van der Waals surface area contributed by atoms with Gasteiger partial charge in [-0.3, -0.25) is 20.1 Å². The Labute approximate surface area is 237 Å². The Morgan fingerprint density at radius 3 is 2.95 bits per heavy atom. The van der Waals surface area contributed by atoms with Gasteiger partial charge in [-0.25, -0.2) is 4.98 Å². The van der Waals surface area contributed by atoms with Crippen LogP contribution < -0.4 is 20.4 Å². The molecule has 0 saturated carbocycles. The molecule has 1 unspecified atom stereocenters. The van der Waals surface area contributed by atoms with Crippen molar-refractivity contribution in [3.63, 3.8) is 0 Å². The Balaban J connectivity index is 1.32. The Morgan fingerprint density at radius 1 is 1.17 bits per heavy atom. The van der Waals surface area contributed by atoms with Crippen LogP contribution in [0.2, 0.25) is 0 Å². The second kappa shape index (κ2) is 11.9. The van der Waals surface area contributed by atoms with E-state index in [1.807, 2.05) is 67.6 Å². The molecule has 1 aliphatic rings. The summed E-state index contributed by atoms with van der Waals surface area (Å²) in [6.07, 6.45) is 3.63. The Morgan fingerprint density at radius 2 is 2.10 bits per heavy atom. The van der Waals surface area contributed by atoms with Gasteiger partial charge in [0, 0.05) is 37.1 Å². The topological polar surface area (TPSA) is 130 Å². The highest BCUT2D eigenvalue weighted by Gasteiger charge is 2.20. The van der Waals surface area contributed by atoms with E-state index < -0.39 is 0 Å². The average molecular weight is 553 g/mol. The van der Waals surface area contributed by atoms with Crippen LogP contribution in [0.25, 0.3) is 33.2 Å².